The van der Waals surface area contributed by atoms with E-state index < -0.39 is 23.7 Å². The van der Waals surface area contributed by atoms with Crippen molar-refractivity contribution in [3.05, 3.63) is 34.3 Å². The number of carbonyl (C=O) groups is 2. The Morgan fingerprint density at radius 1 is 1.36 bits per heavy atom. The van der Waals surface area contributed by atoms with Crippen molar-refractivity contribution in [2.75, 3.05) is 13.7 Å². The minimum atomic E-state index is -0.570. The fraction of sp³-hybridized carbons (Fsp3) is 0.467. The first-order chi connectivity index (χ1) is 10.1. The average molecular weight is 329 g/mol. The Hall–Kier alpha value is -1.79. The Labute approximate surface area is 134 Å². The van der Waals surface area contributed by atoms with Crippen molar-refractivity contribution in [1.82, 2.24) is 5.32 Å². The molecule has 1 aromatic carbocycles. The van der Waals surface area contributed by atoms with Crippen LogP contribution in [0.4, 0.5) is 4.79 Å². The number of methoxy groups -OCH3 is 1. The lowest BCUT2D eigenvalue weighted by Crippen LogP contribution is -2.36. The zero-order chi connectivity index (χ0) is 16.9. The molecule has 22 heavy (non-hydrogen) atoms. The van der Waals surface area contributed by atoms with Crippen LogP contribution in [0, 0.1) is 0 Å². The van der Waals surface area contributed by atoms with E-state index >= 15 is 0 Å². The first kappa shape index (κ1) is 18.3. The zero-order valence-corrected chi connectivity index (χ0v) is 13.9. The van der Waals surface area contributed by atoms with Crippen molar-refractivity contribution in [2.24, 2.45) is 5.73 Å². The summed E-state index contributed by atoms with van der Waals surface area (Å²) in [5.41, 5.74) is 6.37. The van der Waals surface area contributed by atoms with Crippen LogP contribution >= 0.6 is 11.6 Å². The molecule has 1 amide bonds. The third-order valence-corrected chi connectivity index (χ3v) is 3.00. The summed E-state index contributed by atoms with van der Waals surface area (Å²) in [6.07, 6.45) is -0.541. The Kier molecular flexibility index (Phi) is 6.20. The van der Waals surface area contributed by atoms with Crippen molar-refractivity contribution in [3.63, 3.8) is 0 Å². The normalized spacial score (nSPS) is 12.5. The number of nitrogens with one attached hydrogen (secondary N) is 1. The SMILES string of the molecule is COC(=O)c1ccc(C(N)CNC(=O)OC(C)(C)C)cc1Cl. The van der Waals surface area contributed by atoms with Gasteiger partial charge >= 0.3 is 12.1 Å². The van der Waals surface area contributed by atoms with Gasteiger partial charge in [-0.15, -0.1) is 0 Å². The van der Waals surface area contributed by atoms with Crippen LogP contribution in [0.1, 0.15) is 42.7 Å². The van der Waals surface area contributed by atoms with Gasteiger partial charge in [-0.1, -0.05) is 17.7 Å². The van der Waals surface area contributed by atoms with Gasteiger partial charge in [-0.2, -0.15) is 0 Å². The number of rotatable bonds is 4. The maximum absolute atomic E-state index is 11.6. The van der Waals surface area contributed by atoms with Gasteiger partial charge in [0, 0.05) is 12.6 Å². The van der Waals surface area contributed by atoms with Crippen molar-refractivity contribution in [2.45, 2.75) is 32.4 Å². The number of carbonyl (C=O) groups excluding carboxylic acids is 2. The maximum Gasteiger partial charge on any atom is 0.407 e. The summed E-state index contributed by atoms with van der Waals surface area (Å²) in [5, 5.41) is 2.83. The highest BCUT2D eigenvalue weighted by Crippen LogP contribution is 2.21. The van der Waals surface area contributed by atoms with E-state index in [0.29, 0.717) is 5.56 Å². The highest BCUT2D eigenvalue weighted by molar-refractivity contribution is 6.33. The molecule has 3 N–H and O–H groups in total. The second-order valence-electron chi connectivity index (χ2n) is 5.72. The fourth-order valence-electron chi connectivity index (χ4n) is 1.66. The van der Waals surface area contributed by atoms with Crippen LogP contribution in [0.25, 0.3) is 0 Å². The highest BCUT2D eigenvalue weighted by atomic mass is 35.5. The predicted molar refractivity (Wildman–Crippen MR) is 84.0 cm³/mol. The van der Waals surface area contributed by atoms with E-state index in [1.807, 2.05) is 0 Å². The molecule has 122 valence electrons. The van der Waals surface area contributed by atoms with E-state index in [1.54, 1.807) is 32.9 Å². The van der Waals surface area contributed by atoms with Crippen LogP contribution in [-0.2, 0) is 9.47 Å². The summed E-state index contributed by atoms with van der Waals surface area (Å²) >= 11 is 6.03. The molecule has 0 radical (unpaired) electrons. The summed E-state index contributed by atoms with van der Waals surface area (Å²) in [5.74, 6) is -0.517. The van der Waals surface area contributed by atoms with Gasteiger partial charge in [-0.05, 0) is 38.5 Å². The van der Waals surface area contributed by atoms with Crippen molar-refractivity contribution < 1.29 is 19.1 Å². The largest absolute Gasteiger partial charge is 0.465 e. The number of esters is 1. The summed E-state index contributed by atoms with van der Waals surface area (Å²) in [7, 11) is 1.28. The molecule has 1 unspecified atom stereocenters. The lowest BCUT2D eigenvalue weighted by atomic mass is 10.1. The summed E-state index contributed by atoms with van der Waals surface area (Å²) in [4.78, 5) is 23.0. The number of benzene rings is 1. The molecule has 1 rings (SSSR count). The lowest BCUT2D eigenvalue weighted by molar-refractivity contribution is 0.0523. The third kappa shape index (κ3) is 5.54. The summed E-state index contributed by atoms with van der Waals surface area (Å²) < 4.78 is 9.73. The van der Waals surface area contributed by atoms with Gasteiger partial charge in [-0.25, -0.2) is 9.59 Å². The van der Waals surface area contributed by atoms with E-state index in [-0.39, 0.29) is 17.1 Å². The number of hydrogen-bond acceptors (Lipinski definition) is 5. The Morgan fingerprint density at radius 3 is 2.50 bits per heavy atom. The Bertz CT molecular complexity index is 555. The minimum Gasteiger partial charge on any atom is -0.465 e. The molecule has 0 aliphatic rings. The van der Waals surface area contributed by atoms with Crippen LogP contribution < -0.4 is 11.1 Å². The van der Waals surface area contributed by atoms with Crippen LogP contribution in [0.5, 0.6) is 0 Å². The van der Waals surface area contributed by atoms with E-state index in [4.69, 9.17) is 22.1 Å². The first-order valence-electron chi connectivity index (χ1n) is 6.74. The second-order valence-corrected chi connectivity index (χ2v) is 6.13. The number of nitrogens with two attached hydrogens (primary N) is 1. The van der Waals surface area contributed by atoms with Crippen LogP contribution in [0.15, 0.2) is 18.2 Å². The van der Waals surface area contributed by atoms with E-state index in [0.717, 1.165) is 0 Å². The number of alkyl carbamates (subject to hydrolysis) is 1. The van der Waals surface area contributed by atoms with Crippen LogP contribution in [0.2, 0.25) is 5.02 Å². The summed E-state index contributed by atoms with van der Waals surface area (Å²) in [6.45, 7) is 5.51. The van der Waals surface area contributed by atoms with Gasteiger partial charge in [0.2, 0.25) is 0 Å². The zero-order valence-electron chi connectivity index (χ0n) is 13.1. The monoisotopic (exact) mass is 328 g/mol. The number of hydrogen-bond donors (Lipinski definition) is 2. The standard InChI is InChI=1S/C15H21ClN2O4/c1-15(2,3)22-14(20)18-8-12(17)9-5-6-10(11(16)7-9)13(19)21-4/h5-7,12H,8,17H2,1-4H3,(H,18,20). The van der Waals surface area contributed by atoms with Gasteiger partial charge in [0.15, 0.2) is 0 Å². The minimum absolute atomic E-state index is 0.183. The van der Waals surface area contributed by atoms with Gasteiger partial charge in [0.1, 0.15) is 5.60 Å². The molecule has 0 saturated heterocycles. The molecule has 0 spiro atoms. The van der Waals surface area contributed by atoms with Crippen molar-refractivity contribution in [1.29, 1.82) is 0 Å². The number of halogens is 1. The number of ether oxygens (including phenoxy) is 2. The Morgan fingerprint density at radius 2 is 2.00 bits per heavy atom. The van der Waals surface area contributed by atoms with Gasteiger partial charge < -0.3 is 20.5 Å². The molecular weight excluding hydrogens is 308 g/mol. The van der Waals surface area contributed by atoms with Crippen LogP contribution in [0.3, 0.4) is 0 Å². The summed E-state index contributed by atoms with van der Waals surface area (Å²) in [6, 6.07) is 4.31. The van der Waals surface area contributed by atoms with Crippen LogP contribution in [-0.4, -0.2) is 31.3 Å². The van der Waals surface area contributed by atoms with Gasteiger partial charge in [-0.3, -0.25) is 0 Å². The van der Waals surface area contributed by atoms with Gasteiger partial charge in [0.25, 0.3) is 0 Å². The third-order valence-electron chi connectivity index (χ3n) is 2.69. The first-order valence-corrected chi connectivity index (χ1v) is 7.12. The smallest absolute Gasteiger partial charge is 0.407 e. The molecule has 1 aromatic rings. The molecule has 0 heterocycles. The molecule has 0 saturated carbocycles. The van der Waals surface area contributed by atoms with E-state index in [1.165, 1.54) is 13.2 Å². The molecule has 0 aromatic heterocycles. The molecule has 0 bridgehead atoms. The van der Waals surface area contributed by atoms with Gasteiger partial charge in [0.05, 0.1) is 17.7 Å². The molecule has 0 aliphatic heterocycles. The molecule has 7 heteroatoms. The highest BCUT2D eigenvalue weighted by Gasteiger charge is 2.18. The molecule has 6 nitrogen and oxygen atoms in total. The van der Waals surface area contributed by atoms with E-state index in [9.17, 15) is 9.59 Å². The quantitative estimate of drug-likeness (QED) is 0.829. The second kappa shape index (κ2) is 7.47. The number of amides is 1. The molecular formula is C15H21ClN2O4. The van der Waals surface area contributed by atoms with Crippen molar-refractivity contribution >= 4 is 23.7 Å². The average Bonchev–Trinajstić information content (AvgIpc) is 2.42. The molecule has 0 fully saturated rings. The van der Waals surface area contributed by atoms with Crippen molar-refractivity contribution in [3.8, 4) is 0 Å². The molecule has 1 atom stereocenters. The van der Waals surface area contributed by atoms with E-state index in [2.05, 4.69) is 10.1 Å². The fourth-order valence-corrected chi connectivity index (χ4v) is 1.93. The maximum atomic E-state index is 11.6. The topological polar surface area (TPSA) is 90.6 Å². The predicted octanol–water partition coefficient (Wildman–Crippen LogP) is 2.65. The molecule has 0 aliphatic carbocycles. The Balaban J connectivity index is 2.67. The lowest BCUT2D eigenvalue weighted by Gasteiger charge is -2.21.